The first kappa shape index (κ1) is 11.7. The molecule has 2 aromatic carbocycles. The molecule has 77 valence electrons. The zero-order valence-corrected chi connectivity index (χ0v) is 9.98. The first-order chi connectivity index (χ1) is 6.88. The van der Waals surface area contributed by atoms with E-state index in [1.165, 1.54) is 10.4 Å². The Balaban J connectivity index is 0.00000112. The lowest BCUT2D eigenvalue weighted by molar-refractivity contribution is 1.72. The Morgan fingerprint density at radius 3 is 1.33 bits per heavy atom. The summed E-state index contributed by atoms with van der Waals surface area (Å²) in [5.41, 5.74) is 0. The number of hydrogen-bond acceptors (Lipinski definition) is 1. The van der Waals surface area contributed by atoms with Crippen molar-refractivity contribution in [3.05, 3.63) is 60.7 Å². The maximum Gasteiger partial charge on any atom is 0.118 e. The van der Waals surface area contributed by atoms with E-state index in [-0.39, 0.29) is 6.15 Å². The predicted octanol–water partition coefficient (Wildman–Crippen LogP) is 2.09. The Morgan fingerprint density at radius 2 is 1.00 bits per heavy atom. The lowest BCUT2D eigenvalue weighted by Crippen LogP contribution is -2.38. The molecule has 0 saturated carbocycles. The van der Waals surface area contributed by atoms with Crippen LogP contribution in [0.2, 0.25) is 6.55 Å². The number of hydrogen-bond donors (Lipinski definition) is 1. The molecule has 0 saturated heterocycles. The summed E-state index contributed by atoms with van der Waals surface area (Å²) in [6.45, 7) is 2.34. The Morgan fingerprint density at radius 1 is 0.667 bits per heavy atom. The molecule has 2 heteroatoms. The minimum atomic E-state index is -0.545. The molecular formula is C13H16NSi. The third-order valence-electron chi connectivity index (χ3n) is 2.41. The molecule has 0 spiro atoms. The molecule has 0 aromatic heterocycles. The summed E-state index contributed by atoms with van der Waals surface area (Å²) >= 11 is 0. The second kappa shape index (κ2) is 5.49. The van der Waals surface area contributed by atoms with Gasteiger partial charge in [0.15, 0.2) is 0 Å². The minimum absolute atomic E-state index is 0. The van der Waals surface area contributed by atoms with Gasteiger partial charge in [0.2, 0.25) is 0 Å². The maximum absolute atomic E-state index is 2.34. The van der Waals surface area contributed by atoms with Gasteiger partial charge >= 0.3 is 0 Å². The van der Waals surface area contributed by atoms with E-state index in [4.69, 9.17) is 0 Å². The second-order valence-corrected chi connectivity index (χ2v) is 5.76. The van der Waals surface area contributed by atoms with Gasteiger partial charge in [0.05, 0.1) is 0 Å². The lowest BCUT2D eigenvalue weighted by Gasteiger charge is -2.09. The van der Waals surface area contributed by atoms with Crippen LogP contribution in [0.4, 0.5) is 0 Å². The van der Waals surface area contributed by atoms with Crippen LogP contribution in [0.1, 0.15) is 0 Å². The lowest BCUT2D eigenvalue weighted by atomic mass is 10.4. The van der Waals surface area contributed by atoms with Crippen LogP contribution in [0.5, 0.6) is 0 Å². The highest BCUT2D eigenvalue weighted by Crippen LogP contribution is 1.91. The Labute approximate surface area is 93.0 Å². The van der Waals surface area contributed by atoms with E-state index in [2.05, 4.69) is 67.2 Å². The third kappa shape index (κ3) is 2.78. The van der Waals surface area contributed by atoms with Crippen LogP contribution in [0.3, 0.4) is 0 Å². The van der Waals surface area contributed by atoms with Crippen molar-refractivity contribution in [3.8, 4) is 0 Å². The van der Waals surface area contributed by atoms with Gasteiger partial charge in [-0.25, -0.2) is 0 Å². The normalized spacial score (nSPS) is 9.73. The summed E-state index contributed by atoms with van der Waals surface area (Å²) in [6.07, 6.45) is 0. The third-order valence-corrected chi connectivity index (χ3v) is 4.81. The van der Waals surface area contributed by atoms with Crippen LogP contribution in [-0.2, 0) is 0 Å². The van der Waals surface area contributed by atoms with E-state index < -0.39 is 8.80 Å². The Kier molecular flexibility index (Phi) is 4.28. The monoisotopic (exact) mass is 214 g/mol. The van der Waals surface area contributed by atoms with Crippen LogP contribution >= 0.6 is 0 Å². The summed E-state index contributed by atoms with van der Waals surface area (Å²) in [5, 5.41) is 2.95. The highest BCUT2D eigenvalue weighted by molar-refractivity contribution is 6.84. The minimum Gasteiger partial charge on any atom is -0.344 e. The van der Waals surface area contributed by atoms with Gasteiger partial charge in [-0.15, -0.1) is 0 Å². The van der Waals surface area contributed by atoms with E-state index in [0.717, 1.165) is 0 Å². The van der Waals surface area contributed by atoms with Crippen molar-refractivity contribution in [1.82, 2.24) is 6.15 Å². The van der Waals surface area contributed by atoms with Crippen molar-refractivity contribution in [3.63, 3.8) is 0 Å². The molecule has 0 aliphatic carbocycles. The van der Waals surface area contributed by atoms with E-state index in [9.17, 15) is 0 Å². The van der Waals surface area contributed by atoms with Crippen LogP contribution in [0, 0.1) is 0 Å². The molecule has 0 bridgehead atoms. The summed E-state index contributed by atoms with van der Waals surface area (Å²) in [6, 6.07) is 21.5. The van der Waals surface area contributed by atoms with Crippen LogP contribution in [0.15, 0.2) is 60.7 Å². The molecule has 1 nitrogen and oxygen atoms in total. The van der Waals surface area contributed by atoms with Gasteiger partial charge in [0.25, 0.3) is 0 Å². The molecule has 0 atom stereocenters. The van der Waals surface area contributed by atoms with Crippen molar-refractivity contribution in [2.45, 2.75) is 6.55 Å². The molecule has 0 aliphatic heterocycles. The van der Waals surface area contributed by atoms with Gasteiger partial charge in [-0.05, 0) is 0 Å². The molecule has 0 unspecified atom stereocenters. The van der Waals surface area contributed by atoms with Crippen molar-refractivity contribution in [2.24, 2.45) is 0 Å². The molecule has 0 heterocycles. The zero-order valence-electron chi connectivity index (χ0n) is 8.98. The SMILES string of the molecule is C[Si](c1ccccc1)c1ccccc1.N. The zero-order chi connectivity index (χ0) is 9.80. The summed E-state index contributed by atoms with van der Waals surface area (Å²) in [5.74, 6) is 0. The first-order valence-corrected chi connectivity index (χ1v) is 6.82. The van der Waals surface area contributed by atoms with Gasteiger partial charge in [-0.2, -0.15) is 0 Å². The van der Waals surface area contributed by atoms with E-state index in [1.807, 2.05) is 0 Å². The fourth-order valence-corrected chi connectivity index (χ4v) is 3.26. The molecule has 2 aromatic rings. The van der Waals surface area contributed by atoms with Crippen LogP contribution in [0.25, 0.3) is 0 Å². The smallest absolute Gasteiger partial charge is 0.118 e. The molecule has 0 amide bonds. The van der Waals surface area contributed by atoms with Crippen molar-refractivity contribution in [1.29, 1.82) is 0 Å². The Hall–Kier alpha value is -1.38. The molecule has 15 heavy (non-hydrogen) atoms. The summed E-state index contributed by atoms with van der Waals surface area (Å²) in [7, 11) is -0.545. The fraction of sp³-hybridized carbons (Fsp3) is 0.0769. The summed E-state index contributed by atoms with van der Waals surface area (Å²) < 4.78 is 0. The largest absolute Gasteiger partial charge is 0.344 e. The van der Waals surface area contributed by atoms with Gasteiger partial charge in [0, 0.05) is 0 Å². The molecule has 1 radical (unpaired) electrons. The highest BCUT2D eigenvalue weighted by atomic mass is 28.3. The van der Waals surface area contributed by atoms with Crippen molar-refractivity contribution >= 4 is 19.2 Å². The van der Waals surface area contributed by atoms with Crippen LogP contribution < -0.4 is 16.5 Å². The average Bonchev–Trinajstić information content (AvgIpc) is 2.30. The fourth-order valence-electron chi connectivity index (χ4n) is 1.54. The Bertz CT molecular complexity index is 346. The van der Waals surface area contributed by atoms with Crippen LogP contribution in [-0.4, -0.2) is 8.80 Å². The van der Waals surface area contributed by atoms with Gasteiger partial charge in [0.1, 0.15) is 8.80 Å². The predicted molar refractivity (Wildman–Crippen MR) is 68.8 cm³/mol. The van der Waals surface area contributed by atoms with Crippen molar-refractivity contribution in [2.75, 3.05) is 0 Å². The highest BCUT2D eigenvalue weighted by Gasteiger charge is 2.08. The van der Waals surface area contributed by atoms with E-state index >= 15 is 0 Å². The van der Waals surface area contributed by atoms with E-state index in [1.54, 1.807) is 0 Å². The molecule has 0 fully saturated rings. The van der Waals surface area contributed by atoms with Gasteiger partial charge in [-0.1, -0.05) is 77.6 Å². The molecular weight excluding hydrogens is 198 g/mol. The quantitative estimate of drug-likeness (QED) is 0.763. The van der Waals surface area contributed by atoms with Gasteiger partial charge < -0.3 is 6.15 Å². The standard InChI is InChI=1S/C13H13Si.H3N/c1-14(12-8-4-2-5-9-12)13-10-6-3-7-11-13;/h2-11H,1H3;1H3. The average molecular weight is 214 g/mol. The second-order valence-electron chi connectivity index (χ2n) is 3.36. The molecule has 3 N–H and O–H groups in total. The summed E-state index contributed by atoms with van der Waals surface area (Å²) in [4.78, 5) is 0. The van der Waals surface area contributed by atoms with Crippen molar-refractivity contribution < 1.29 is 0 Å². The molecule has 0 aliphatic rings. The maximum atomic E-state index is 2.34. The van der Waals surface area contributed by atoms with E-state index in [0.29, 0.717) is 0 Å². The molecule has 2 rings (SSSR count). The topological polar surface area (TPSA) is 35.0 Å². The first-order valence-electron chi connectivity index (χ1n) is 4.82. The van der Waals surface area contributed by atoms with Gasteiger partial charge in [-0.3, -0.25) is 0 Å². The number of benzene rings is 2. The number of rotatable bonds is 2.